The zero-order chi connectivity index (χ0) is 27.5. The summed E-state index contributed by atoms with van der Waals surface area (Å²) in [6, 6.07) is 23.4. The van der Waals surface area contributed by atoms with Crippen molar-refractivity contribution in [1.82, 2.24) is 10.4 Å². The molecule has 2 N–H and O–H groups in total. The Morgan fingerprint density at radius 3 is 2.49 bits per heavy atom. The van der Waals surface area contributed by atoms with E-state index in [9.17, 15) is 14.0 Å². The van der Waals surface area contributed by atoms with Crippen LogP contribution in [0.2, 0.25) is 5.02 Å². The lowest BCUT2D eigenvalue weighted by Crippen LogP contribution is -2.19. The molecular formula is C29H17Br2ClFN3O3. The van der Waals surface area contributed by atoms with Crippen LogP contribution in [0.15, 0.2) is 99.0 Å². The molecule has 1 aromatic heterocycles. The number of carbonyl (C=O) groups is 2. The van der Waals surface area contributed by atoms with Crippen molar-refractivity contribution >= 4 is 72.5 Å². The van der Waals surface area contributed by atoms with Gasteiger partial charge in [-0.05, 0) is 64.0 Å². The Morgan fingerprint density at radius 1 is 0.974 bits per heavy atom. The summed E-state index contributed by atoms with van der Waals surface area (Å²) in [5, 5.41) is 4.93. The fourth-order valence-electron chi connectivity index (χ4n) is 4.01. The molecule has 0 fully saturated rings. The highest BCUT2D eigenvalue weighted by Crippen LogP contribution is 2.34. The number of hydrogen-bond acceptors (Lipinski definition) is 4. The second-order valence-corrected chi connectivity index (χ2v) is 10.5. The number of fused-ring (bicyclic) bond motifs is 1. The first-order valence-corrected chi connectivity index (χ1v) is 13.4. The monoisotopic (exact) mass is 667 g/mol. The highest BCUT2D eigenvalue weighted by Gasteiger charge is 2.20. The van der Waals surface area contributed by atoms with Gasteiger partial charge in [0.1, 0.15) is 11.5 Å². The van der Waals surface area contributed by atoms with Gasteiger partial charge in [-0.25, -0.2) is 14.6 Å². The summed E-state index contributed by atoms with van der Waals surface area (Å²) in [4.78, 5) is 29.1. The van der Waals surface area contributed by atoms with Gasteiger partial charge in [0, 0.05) is 26.5 Å². The van der Waals surface area contributed by atoms with Crippen molar-refractivity contribution < 1.29 is 18.7 Å². The summed E-state index contributed by atoms with van der Waals surface area (Å²) in [6.07, 6.45) is 1.35. The molecule has 6 nitrogen and oxygen atoms in total. The van der Waals surface area contributed by atoms with Gasteiger partial charge >= 0.3 is 5.97 Å². The molecule has 0 radical (unpaired) electrons. The van der Waals surface area contributed by atoms with Crippen LogP contribution < -0.4 is 10.2 Å². The SMILES string of the molecule is O=C(Oc1c(Br)cc(Br)cc1C=NNC(=O)c1[nH]c2ccc(F)cc2c1-c1ccccc1)c1ccccc1Cl. The van der Waals surface area contributed by atoms with Crippen molar-refractivity contribution in [2.75, 3.05) is 0 Å². The van der Waals surface area contributed by atoms with Crippen molar-refractivity contribution in [3.8, 4) is 16.9 Å². The maximum Gasteiger partial charge on any atom is 0.345 e. The Morgan fingerprint density at radius 2 is 1.72 bits per heavy atom. The molecule has 0 unspecified atom stereocenters. The average Bonchev–Trinajstić information content (AvgIpc) is 3.30. The number of aromatic amines is 1. The number of benzene rings is 4. The highest BCUT2D eigenvalue weighted by molar-refractivity contribution is 9.11. The Balaban J connectivity index is 1.45. The predicted octanol–water partition coefficient (Wildman–Crippen LogP) is 8.14. The summed E-state index contributed by atoms with van der Waals surface area (Å²) in [5.41, 5.74) is 5.24. The third kappa shape index (κ3) is 5.80. The number of aromatic nitrogens is 1. The lowest BCUT2D eigenvalue weighted by molar-refractivity contribution is 0.0733. The summed E-state index contributed by atoms with van der Waals surface area (Å²) < 4.78 is 20.9. The van der Waals surface area contributed by atoms with Crippen molar-refractivity contribution in [1.29, 1.82) is 0 Å². The smallest absolute Gasteiger partial charge is 0.345 e. The lowest BCUT2D eigenvalue weighted by Gasteiger charge is -2.11. The minimum absolute atomic E-state index is 0.187. The molecule has 0 bridgehead atoms. The molecule has 5 rings (SSSR count). The number of rotatable bonds is 6. The van der Waals surface area contributed by atoms with Gasteiger partial charge in [0.25, 0.3) is 5.91 Å². The fourth-order valence-corrected chi connectivity index (χ4v) is 5.57. The number of nitrogens with zero attached hydrogens (tertiary/aromatic N) is 1. The van der Waals surface area contributed by atoms with E-state index in [1.165, 1.54) is 18.3 Å². The number of nitrogens with one attached hydrogen (secondary N) is 2. The van der Waals surface area contributed by atoms with Gasteiger partial charge in [-0.1, -0.05) is 70.0 Å². The van der Waals surface area contributed by atoms with Gasteiger partial charge in [0.05, 0.1) is 21.3 Å². The number of carbonyl (C=O) groups excluding carboxylic acids is 2. The molecule has 0 aliphatic carbocycles. The van der Waals surface area contributed by atoms with E-state index in [2.05, 4.69) is 47.4 Å². The van der Waals surface area contributed by atoms with Crippen molar-refractivity contribution in [3.05, 3.63) is 122 Å². The second kappa shape index (κ2) is 11.5. The van der Waals surface area contributed by atoms with Crippen LogP contribution in [0, 0.1) is 5.82 Å². The van der Waals surface area contributed by atoms with Gasteiger partial charge in [-0.2, -0.15) is 5.10 Å². The van der Waals surface area contributed by atoms with Gasteiger partial charge in [0.2, 0.25) is 0 Å². The highest BCUT2D eigenvalue weighted by atomic mass is 79.9. The van der Waals surface area contributed by atoms with Crippen molar-refractivity contribution in [2.24, 2.45) is 5.10 Å². The van der Waals surface area contributed by atoms with Crippen LogP contribution >= 0.6 is 43.5 Å². The molecule has 0 saturated carbocycles. The van der Waals surface area contributed by atoms with E-state index in [1.54, 1.807) is 42.5 Å². The molecule has 1 amide bonds. The quantitative estimate of drug-likeness (QED) is 0.0829. The molecule has 0 aliphatic heterocycles. The molecule has 0 aliphatic rings. The molecular weight excluding hydrogens is 653 g/mol. The number of esters is 1. The normalized spacial score (nSPS) is 11.2. The Hall–Kier alpha value is -3.79. The zero-order valence-corrected chi connectivity index (χ0v) is 23.8. The number of halogens is 4. The second-order valence-electron chi connectivity index (χ2n) is 8.31. The van der Waals surface area contributed by atoms with Gasteiger partial charge in [-0.3, -0.25) is 4.79 Å². The van der Waals surface area contributed by atoms with Crippen LogP contribution in [0.4, 0.5) is 4.39 Å². The minimum Gasteiger partial charge on any atom is -0.421 e. The molecule has 10 heteroatoms. The Labute approximate surface area is 244 Å². The molecule has 0 saturated heterocycles. The standard InChI is InChI=1S/C29H17Br2ClFN3O3/c30-18-12-17(27(22(31)13-18)39-29(38)20-8-4-5-9-23(20)32)15-34-36-28(37)26-25(16-6-2-1-3-7-16)21-14-19(33)10-11-24(21)35-26/h1-15,35H,(H,36,37). The zero-order valence-electron chi connectivity index (χ0n) is 19.8. The first kappa shape index (κ1) is 26.8. The third-order valence-electron chi connectivity index (χ3n) is 5.75. The van der Waals surface area contributed by atoms with E-state index < -0.39 is 17.7 Å². The largest absolute Gasteiger partial charge is 0.421 e. The Kier molecular flexibility index (Phi) is 7.92. The maximum absolute atomic E-state index is 14.1. The third-order valence-corrected chi connectivity index (χ3v) is 7.12. The summed E-state index contributed by atoms with van der Waals surface area (Å²) in [7, 11) is 0. The molecule has 0 atom stereocenters. The minimum atomic E-state index is -0.653. The van der Waals surface area contributed by atoms with Crippen LogP contribution in [0.25, 0.3) is 22.0 Å². The van der Waals surface area contributed by atoms with Gasteiger partial charge in [0.15, 0.2) is 5.75 Å². The van der Waals surface area contributed by atoms with E-state index in [1.807, 2.05) is 30.3 Å². The molecule has 4 aromatic carbocycles. The van der Waals surface area contributed by atoms with Crippen molar-refractivity contribution in [3.63, 3.8) is 0 Å². The van der Waals surface area contributed by atoms with Crippen LogP contribution in [-0.2, 0) is 0 Å². The molecule has 194 valence electrons. The summed E-state index contributed by atoms with van der Waals surface area (Å²) in [6.45, 7) is 0. The molecule has 39 heavy (non-hydrogen) atoms. The van der Waals surface area contributed by atoms with E-state index >= 15 is 0 Å². The van der Waals surface area contributed by atoms with E-state index in [0.29, 0.717) is 31.0 Å². The number of amides is 1. The van der Waals surface area contributed by atoms with Crippen LogP contribution in [0.3, 0.4) is 0 Å². The van der Waals surface area contributed by atoms with Crippen LogP contribution in [-0.4, -0.2) is 23.1 Å². The topological polar surface area (TPSA) is 83.5 Å². The van der Waals surface area contributed by atoms with Gasteiger partial charge < -0.3 is 9.72 Å². The molecule has 1 heterocycles. The number of hydrazone groups is 1. The number of ether oxygens (including phenoxy) is 1. The first-order valence-electron chi connectivity index (χ1n) is 11.5. The van der Waals surface area contributed by atoms with E-state index in [0.717, 1.165) is 5.56 Å². The molecule has 5 aromatic rings. The van der Waals surface area contributed by atoms with E-state index in [4.69, 9.17) is 16.3 Å². The molecule has 0 spiro atoms. The van der Waals surface area contributed by atoms with Gasteiger partial charge in [-0.15, -0.1) is 0 Å². The Bertz CT molecular complexity index is 1760. The summed E-state index contributed by atoms with van der Waals surface area (Å²) >= 11 is 13.0. The van der Waals surface area contributed by atoms with Crippen molar-refractivity contribution in [2.45, 2.75) is 0 Å². The lowest BCUT2D eigenvalue weighted by atomic mass is 10.0. The first-order chi connectivity index (χ1) is 18.8. The fraction of sp³-hybridized carbons (Fsp3) is 0. The number of hydrogen-bond donors (Lipinski definition) is 2. The summed E-state index contributed by atoms with van der Waals surface area (Å²) in [5.74, 6) is -1.42. The van der Waals surface area contributed by atoms with Crippen LogP contribution in [0.5, 0.6) is 5.75 Å². The maximum atomic E-state index is 14.1. The average molecular weight is 670 g/mol. The van der Waals surface area contributed by atoms with E-state index in [-0.39, 0.29) is 22.0 Å². The predicted molar refractivity (Wildman–Crippen MR) is 157 cm³/mol. The number of H-pyrrole nitrogens is 1. The van der Waals surface area contributed by atoms with Crippen LogP contribution in [0.1, 0.15) is 26.4 Å².